The lowest BCUT2D eigenvalue weighted by Crippen LogP contribution is -2.44. The minimum atomic E-state index is -0.498. The van der Waals surface area contributed by atoms with Crippen LogP contribution in [0.5, 0.6) is 0 Å². The predicted molar refractivity (Wildman–Crippen MR) is 116 cm³/mol. The topological polar surface area (TPSA) is 96.6 Å². The van der Waals surface area contributed by atoms with E-state index in [0.717, 1.165) is 36.0 Å². The van der Waals surface area contributed by atoms with Crippen LogP contribution in [0.15, 0.2) is 17.1 Å². The van der Waals surface area contributed by atoms with Crippen molar-refractivity contribution in [1.82, 2.24) is 10.6 Å². The number of amides is 1. The van der Waals surface area contributed by atoms with Gasteiger partial charge in [0.1, 0.15) is 0 Å². The van der Waals surface area contributed by atoms with E-state index >= 15 is 0 Å². The summed E-state index contributed by atoms with van der Waals surface area (Å²) in [6.45, 7) is 10.4. The number of nitrogens with two attached hydrogens (primary N) is 1. The van der Waals surface area contributed by atoms with Gasteiger partial charge in [0, 0.05) is 25.9 Å². The van der Waals surface area contributed by atoms with Gasteiger partial charge >= 0.3 is 0 Å². The summed E-state index contributed by atoms with van der Waals surface area (Å²) in [5.41, 5.74) is 10.3. The second-order valence-corrected chi connectivity index (χ2v) is 7.54. The highest BCUT2D eigenvalue weighted by molar-refractivity contribution is 5.88. The fourth-order valence-electron chi connectivity index (χ4n) is 3.49. The quantitative estimate of drug-likeness (QED) is 0.326. The maximum absolute atomic E-state index is 12.8. The zero-order chi connectivity index (χ0) is 21.3. The third-order valence-corrected chi connectivity index (χ3v) is 5.20. The zero-order valence-electron chi connectivity index (χ0n) is 18.2. The van der Waals surface area contributed by atoms with Gasteiger partial charge in [-0.3, -0.25) is 14.6 Å². The van der Waals surface area contributed by atoms with Gasteiger partial charge in [-0.15, -0.1) is 0 Å². The first-order chi connectivity index (χ1) is 13.2. The number of aryl methyl sites for hydroxylation is 3. The molecule has 0 heterocycles. The Balaban J connectivity index is 2.74. The number of rotatable bonds is 10. The fourth-order valence-corrected chi connectivity index (χ4v) is 3.49. The smallest absolute Gasteiger partial charge is 0.223 e. The number of Topliss-reactive ketones (excluding diaryl/α,β-unsaturated/α-hetero) is 1. The van der Waals surface area contributed by atoms with Gasteiger partial charge in [-0.1, -0.05) is 24.6 Å². The minimum Gasteiger partial charge on any atom is -0.370 e. The van der Waals surface area contributed by atoms with E-state index < -0.39 is 6.04 Å². The molecule has 4 N–H and O–H groups in total. The highest BCUT2D eigenvalue weighted by Gasteiger charge is 2.23. The second kappa shape index (κ2) is 11.5. The lowest BCUT2D eigenvalue weighted by atomic mass is 9.92. The predicted octanol–water partition coefficient (Wildman–Crippen LogP) is 2.57. The highest BCUT2D eigenvalue weighted by Crippen LogP contribution is 2.19. The number of hydrogen-bond donors (Lipinski definition) is 3. The summed E-state index contributed by atoms with van der Waals surface area (Å²) < 4.78 is 0. The molecule has 0 spiro atoms. The summed E-state index contributed by atoms with van der Waals surface area (Å²) in [6.07, 6.45) is 2.81. The zero-order valence-corrected chi connectivity index (χ0v) is 18.2. The van der Waals surface area contributed by atoms with Gasteiger partial charge in [-0.2, -0.15) is 0 Å². The maximum atomic E-state index is 12.8. The number of nitrogens with zero attached hydrogens (tertiary/aromatic N) is 1. The monoisotopic (exact) mass is 388 g/mol. The number of hydrogen-bond acceptors (Lipinski definition) is 3. The number of benzene rings is 1. The van der Waals surface area contributed by atoms with Crippen molar-refractivity contribution in [3.05, 3.63) is 34.4 Å². The number of nitrogens with one attached hydrogen (secondary N) is 2. The molecule has 0 saturated heterocycles. The van der Waals surface area contributed by atoms with E-state index in [1.807, 2.05) is 6.92 Å². The molecule has 2 atom stereocenters. The van der Waals surface area contributed by atoms with Crippen LogP contribution < -0.4 is 16.4 Å². The normalized spacial score (nSPS) is 13.7. The molecular weight excluding hydrogens is 352 g/mol. The number of carbonyl (C=O) groups is 2. The molecule has 1 aromatic rings. The van der Waals surface area contributed by atoms with Crippen LogP contribution >= 0.6 is 0 Å². The van der Waals surface area contributed by atoms with Crippen LogP contribution in [0.3, 0.4) is 0 Å². The van der Waals surface area contributed by atoms with Gasteiger partial charge in [0.25, 0.3) is 0 Å². The third-order valence-electron chi connectivity index (χ3n) is 5.20. The molecule has 0 aromatic heterocycles. The summed E-state index contributed by atoms with van der Waals surface area (Å²) in [5, 5.41) is 5.99. The van der Waals surface area contributed by atoms with Crippen molar-refractivity contribution in [3.8, 4) is 0 Å². The number of ketones is 1. The Bertz CT molecular complexity index is 689. The van der Waals surface area contributed by atoms with E-state index in [9.17, 15) is 9.59 Å². The molecule has 6 heteroatoms. The largest absolute Gasteiger partial charge is 0.370 e. The molecule has 6 nitrogen and oxygen atoms in total. The van der Waals surface area contributed by atoms with E-state index in [4.69, 9.17) is 5.73 Å². The average molecular weight is 389 g/mol. The Hall–Kier alpha value is -2.37. The van der Waals surface area contributed by atoms with Gasteiger partial charge in [-0.25, -0.2) is 0 Å². The Morgan fingerprint density at radius 2 is 1.79 bits per heavy atom. The number of aliphatic imine (C=N–C) groups is 1. The van der Waals surface area contributed by atoms with Crippen molar-refractivity contribution in [3.63, 3.8) is 0 Å². The summed E-state index contributed by atoms with van der Waals surface area (Å²) in [7, 11) is 1.63. The highest BCUT2D eigenvalue weighted by atomic mass is 16.2. The van der Waals surface area contributed by atoms with Crippen LogP contribution in [0.25, 0.3) is 0 Å². The van der Waals surface area contributed by atoms with Gasteiger partial charge in [0.05, 0.1) is 6.04 Å². The van der Waals surface area contributed by atoms with Gasteiger partial charge in [-0.05, 0) is 63.6 Å². The van der Waals surface area contributed by atoms with Crippen LogP contribution in [0.1, 0.15) is 55.4 Å². The molecule has 0 fully saturated rings. The van der Waals surface area contributed by atoms with Crippen molar-refractivity contribution in [2.75, 3.05) is 13.6 Å². The Labute approximate surface area is 169 Å². The Morgan fingerprint density at radius 3 is 2.29 bits per heavy atom. The van der Waals surface area contributed by atoms with Crippen molar-refractivity contribution in [2.24, 2.45) is 16.6 Å². The average Bonchev–Trinajstić information content (AvgIpc) is 2.62. The molecular formula is C22H36N4O2. The SMILES string of the molecule is CCC(CCCNC(N)=NC)C(=O)NC(Cc1c(C)cc(C)cc1C)C(C)=O. The van der Waals surface area contributed by atoms with Gasteiger partial charge in [0.2, 0.25) is 5.91 Å². The van der Waals surface area contributed by atoms with Crippen molar-refractivity contribution < 1.29 is 9.59 Å². The fraction of sp³-hybridized carbons (Fsp3) is 0.591. The molecule has 0 radical (unpaired) electrons. The van der Waals surface area contributed by atoms with E-state index in [1.165, 1.54) is 5.56 Å². The Morgan fingerprint density at radius 1 is 1.18 bits per heavy atom. The van der Waals surface area contributed by atoms with Crippen molar-refractivity contribution >= 4 is 17.6 Å². The molecule has 1 aromatic carbocycles. The first-order valence-corrected chi connectivity index (χ1v) is 10.0. The van der Waals surface area contributed by atoms with E-state index in [2.05, 4.69) is 48.5 Å². The molecule has 1 rings (SSSR count). The molecule has 2 unspecified atom stereocenters. The van der Waals surface area contributed by atoms with E-state index in [-0.39, 0.29) is 17.6 Å². The Kier molecular flexibility index (Phi) is 9.69. The number of carbonyl (C=O) groups excluding carboxylic acids is 2. The van der Waals surface area contributed by atoms with Crippen LogP contribution in [-0.2, 0) is 16.0 Å². The van der Waals surface area contributed by atoms with Crippen LogP contribution in [-0.4, -0.2) is 37.3 Å². The molecule has 156 valence electrons. The van der Waals surface area contributed by atoms with Gasteiger partial charge < -0.3 is 16.4 Å². The molecule has 0 aliphatic rings. The lowest BCUT2D eigenvalue weighted by molar-refractivity contribution is -0.129. The molecule has 0 aliphatic heterocycles. The third kappa shape index (κ3) is 7.33. The molecule has 0 saturated carbocycles. The van der Waals surface area contributed by atoms with E-state index in [0.29, 0.717) is 18.9 Å². The molecule has 28 heavy (non-hydrogen) atoms. The number of guanidine groups is 1. The van der Waals surface area contributed by atoms with Crippen LogP contribution in [0, 0.1) is 26.7 Å². The van der Waals surface area contributed by atoms with Gasteiger partial charge in [0.15, 0.2) is 11.7 Å². The summed E-state index contributed by atoms with van der Waals surface area (Å²) in [6, 6.07) is 3.74. The summed E-state index contributed by atoms with van der Waals surface area (Å²) in [4.78, 5) is 28.8. The minimum absolute atomic E-state index is 0.0174. The standard InChI is InChI=1S/C22H36N4O2/c1-7-18(9-8-10-25-22(23)24-6)21(28)26-20(17(5)27)13-19-15(3)11-14(2)12-16(19)4/h11-12,18,20H,7-10,13H2,1-6H3,(H,26,28)(H3,23,24,25). The molecule has 1 amide bonds. The van der Waals surface area contributed by atoms with Crippen molar-refractivity contribution in [1.29, 1.82) is 0 Å². The second-order valence-electron chi connectivity index (χ2n) is 7.54. The van der Waals surface area contributed by atoms with Crippen molar-refractivity contribution in [2.45, 2.75) is 66.3 Å². The first kappa shape index (κ1) is 23.7. The summed E-state index contributed by atoms with van der Waals surface area (Å²) in [5.74, 6) is 0.208. The maximum Gasteiger partial charge on any atom is 0.223 e. The van der Waals surface area contributed by atoms with E-state index in [1.54, 1.807) is 14.0 Å². The first-order valence-electron chi connectivity index (χ1n) is 10.0. The van der Waals surface area contributed by atoms with Crippen LogP contribution in [0.2, 0.25) is 0 Å². The molecule has 0 bridgehead atoms. The lowest BCUT2D eigenvalue weighted by Gasteiger charge is -2.22. The molecule has 0 aliphatic carbocycles. The van der Waals surface area contributed by atoms with Crippen LogP contribution in [0.4, 0.5) is 0 Å². The summed E-state index contributed by atoms with van der Waals surface area (Å²) >= 11 is 0.